The summed E-state index contributed by atoms with van der Waals surface area (Å²) in [5.41, 5.74) is 4.32. The molecule has 0 amide bonds. The van der Waals surface area contributed by atoms with Gasteiger partial charge in [-0.1, -0.05) is 48.0 Å². The maximum atomic E-state index is 10.5. The molecule has 0 unspecified atom stereocenters. The van der Waals surface area contributed by atoms with E-state index in [1.807, 2.05) is 48.5 Å². The SMILES string of the molecule is COc1ccc(C(=N)c2ccc(Cc3cc([C@@H]4O[C@H](CO)[C@@H](O)[C@H](O)[C@H]4O)ccc3Cl)cc2)cc1. The minimum Gasteiger partial charge on any atom is -0.497 e. The third kappa shape index (κ3) is 5.41. The van der Waals surface area contributed by atoms with Crippen LogP contribution in [0.4, 0.5) is 0 Å². The molecule has 1 fully saturated rings. The maximum absolute atomic E-state index is 10.5. The van der Waals surface area contributed by atoms with Crippen LogP contribution in [0.15, 0.2) is 66.7 Å². The van der Waals surface area contributed by atoms with E-state index < -0.39 is 37.1 Å². The Labute approximate surface area is 208 Å². The summed E-state index contributed by atoms with van der Waals surface area (Å²) in [6, 6.07) is 20.2. The van der Waals surface area contributed by atoms with Gasteiger partial charge in [0.2, 0.25) is 0 Å². The van der Waals surface area contributed by atoms with Crippen LogP contribution in [0.2, 0.25) is 5.02 Å². The summed E-state index contributed by atoms with van der Waals surface area (Å²) in [5.74, 6) is 0.736. The van der Waals surface area contributed by atoms with Crippen LogP contribution in [0.3, 0.4) is 0 Å². The number of benzene rings is 3. The largest absolute Gasteiger partial charge is 0.497 e. The summed E-state index contributed by atoms with van der Waals surface area (Å²) in [5, 5.41) is 49.1. The maximum Gasteiger partial charge on any atom is 0.118 e. The van der Waals surface area contributed by atoms with Crippen LogP contribution < -0.4 is 4.74 Å². The lowest BCUT2D eigenvalue weighted by Crippen LogP contribution is -2.55. The van der Waals surface area contributed by atoms with Gasteiger partial charge >= 0.3 is 0 Å². The molecule has 1 saturated heterocycles. The second kappa shape index (κ2) is 10.9. The first kappa shape index (κ1) is 25.3. The van der Waals surface area contributed by atoms with Crippen molar-refractivity contribution in [1.82, 2.24) is 0 Å². The molecule has 35 heavy (non-hydrogen) atoms. The van der Waals surface area contributed by atoms with Crippen molar-refractivity contribution in [2.24, 2.45) is 0 Å². The molecule has 0 bridgehead atoms. The summed E-state index contributed by atoms with van der Waals surface area (Å²) in [4.78, 5) is 0. The fourth-order valence-corrected chi connectivity index (χ4v) is 4.40. The highest BCUT2D eigenvalue weighted by atomic mass is 35.5. The zero-order chi connectivity index (χ0) is 25.1. The van der Waals surface area contributed by atoms with Crippen LogP contribution in [0.1, 0.15) is 33.9 Å². The van der Waals surface area contributed by atoms with Crippen molar-refractivity contribution < 1.29 is 29.9 Å². The molecule has 5 atom stereocenters. The molecule has 5 N–H and O–H groups in total. The van der Waals surface area contributed by atoms with Crippen LogP contribution in [0, 0.1) is 5.41 Å². The number of methoxy groups -OCH3 is 1. The van der Waals surface area contributed by atoms with E-state index in [0.717, 1.165) is 28.0 Å². The molecule has 1 heterocycles. The summed E-state index contributed by atoms with van der Waals surface area (Å²) in [7, 11) is 1.60. The fourth-order valence-electron chi connectivity index (χ4n) is 4.22. The van der Waals surface area contributed by atoms with Crippen molar-refractivity contribution in [1.29, 1.82) is 5.41 Å². The van der Waals surface area contributed by atoms with Crippen LogP contribution in [-0.2, 0) is 11.2 Å². The second-order valence-corrected chi connectivity index (χ2v) is 8.98. The Morgan fingerprint density at radius 3 is 2.14 bits per heavy atom. The van der Waals surface area contributed by atoms with E-state index in [9.17, 15) is 20.4 Å². The second-order valence-electron chi connectivity index (χ2n) is 8.58. The molecule has 0 saturated carbocycles. The van der Waals surface area contributed by atoms with E-state index in [0.29, 0.717) is 22.7 Å². The fraction of sp³-hybridized carbons (Fsp3) is 0.296. The van der Waals surface area contributed by atoms with Gasteiger partial charge in [0.25, 0.3) is 0 Å². The van der Waals surface area contributed by atoms with Gasteiger partial charge in [-0.2, -0.15) is 0 Å². The van der Waals surface area contributed by atoms with Gasteiger partial charge in [-0.05, 0) is 53.4 Å². The van der Waals surface area contributed by atoms with Crippen molar-refractivity contribution in [2.75, 3.05) is 13.7 Å². The summed E-state index contributed by atoms with van der Waals surface area (Å²) in [6.07, 6.45) is -5.61. The Balaban J connectivity index is 1.51. The van der Waals surface area contributed by atoms with Gasteiger partial charge in [0, 0.05) is 16.1 Å². The Morgan fingerprint density at radius 2 is 1.54 bits per heavy atom. The first-order valence-corrected chi connectivity index (χ1v) is 11.6. The molecule has 0 aromatic heterocycles. The Kier molecular flexibility index (Phi) is 7.86. The predicted molar refractivity (Wildman–Crippen MR) is 132 cm³/mol. The highest BCUT2D eigenvalue weighted by Gasteiger charge is 2.44. The van der Waals surface area contributed by atoms with Crippen LogP contribution in [0.25, 0.3) is 0 Å². The molecular weight excluding hydrogens is 470 g/mol. The predicted octanol–water partition coefficient (Wildman–Crippen LogP) is 2.87. The number of aliphatic hydroxyl groups excluding tert-OH is 4. The molecule has 0 spiro atoms. The zero-order valence-electron chi connectivity index (χ0n) is 19.1. The lowest BCUT2D eigenvalue weighted by molar-refractivity contribution is -0.231. The van der Waals surface area contributed by atoms with E-state index in [4.69, 9.17) is 26.5 Å². The Hall–Kier alpha value is -2.78. The number of halogens is 1. The quantitative estimate of drug-likeness (QED) is 0.320. The molecule has 184 valence electrons. The van der Waals surface area contributed by atoms with E-state index in [1.165, 1.54) is 0 Å². The normalized spacial score (nSPS) is 24.2. The highest BCUT2D eigenvalue weighted by molar-refractivity contribution is 6.31. The van der Waals surface area contributed by atoms with Gasteiger partial charge in [0.05, 0.1) is 19.4 Å². The minimum absolute atomic E-state index is 0.404. The molecule has 3 aromatic rings. The lowest BCUT2D eigenvalue weighted by Gasteiger charge is -2.40. The van der Waals surface area contributed by atoms with Gasteiger partial charge in [-0.3, -0.25) is 5.41 Å². The number of hydrogen-bond acceptors (Lipinski definition) is 7. The lowest BCUT2D eigenvalue weighted by atomic mass is 9.90. The molecule has 0 radical (unpaired) electrons. The summed E-state index contributed by atoms with van der Waals surface area (Å²) < 4.78 is 10.8. The highest BCUT2D eigenvalue weighted by Crippen LogP contribution is 2.34. The standard InChI is InChI=1S/C27H28ClNO6/c1-34-20-9-6-17(7-10-20)23(29)16-4-2-15(3-5-16)12-19-13-18(8-11-21(19)28)27-26(33)25(32)24(31)22(14-30)35-27/h2-11,13,22,24-27,29-33H,12,14H2,1H3/t22-,24-,25+,26-,27+/m1/s1. The average molecular weight is 498 g/mol. The van der Waals surface area contributed by atoms with Crippen molar-refractivity contribution in [3.05, 3.63) is 99.6 Å². The zero-order valence-corrected chi connectivity index (χ0v) is 19.9. The molecule has 8 heteroatoms. The molecule has 1 aliphatic heterocycles. The van der Waals surface area contributed by atoms with Crippen molar-refractivity contribution >= 4 is 17.3 Å². The van der Waals surface area contributed by atoms with Gasteiger partial charge in [0.15, 0.2) is 0 Å². The summed E-state index contributed by atoms with van der Waals surface area (Å²) in [6.45, 7) is -0.486. The molecular formula is C27H28ClNO6. The number of hydrogen-bond donors (Lipinski definition) is 5. The third-order valence-electron chi connectivity index (χ3n) is 6.31. The van der Waals surface area contributed by atoms with Gasteiger partial charge < -0.3 is 29.9 Å². The van der Waals surface area contributed by atoms with E-state index in [-0.39, 0.29) is 0 Å². The first-order valence-electron chi connectivity index (χ1n) is 11.2. The summed E-state index contributed by atoms with van der Waals surface area (Å²) >= 11 is 6.44. The van der Waals surface area contributed by atoms with Crippen molar-refractivity contribution in [3.8, 4) is 5.75 Å². The number of rotatable bonds is 7. The van der Waals surface area contributed by atoms with E-state index >= 15 is 0 Å². The van der Waals surface area contributed by atoms with Crippen LogP contribution >= 0.6 is 11.6 Å². The average Bonchev–Trinajstić information content (AvgIpc) is 2.89. The van der Waals surface area contributed by atoms with Gasteiger partial charge in [-0.15, -0.1) is 0 Å². The Bertz CT molecular complexity index is 1170. The monoisotopic (exact) mass is 497 g/mol. The topological polar surface area (TPSA) is 123 Å². The number of nitrogens with one attached hydrogen (secondary N) is 1. The Morgan fingerprint density at radius 1 is 0.914 bits per heavy atom. The smallest absolute Gasteiger partial charge is 0.118 e. The van der Waals surface area contributed by atoms with Crippen LogP contribution in [0.5, 0.6) is 5.75 Å². The minimum atomic E-state index is -1.45. The third-order valence-corrected chi connectivity index (χ3v) is 6.68. The van der Waals surface area contributed by atoms with Crippen molar-refractivity contribution in [2.45, 2.75) is 36.9 Å². The first-order chi connectivity index (χ1) is 16.8. The van der Waals surface area contributed by atoms with Gasteiger partial charge in [0.1, 0.15) is 36.3 Å². The number of ether oxygens (including phenoxy) is 2. The molecule has 0 aliphatic carbocycles. The van der Waals surface area contributed by atoms with Crippen LogP contribution in [-0.4, -0.2) is 64.3 Å². The van der Waals surface area contributed by atoms with Crippen molar-refractivity contribution in [3.63, 3.8) is 0 Å². The van der Waals surface area contributed by atoms with E-state index in [2.05, 4.69) is 0 Å². The van der Waals surface area contributed by atoms with Gasteiger partial charge in [-0.25, -0.2) is 0 Å². The molecule has 1 aliphatic rings. The molecule has 3 aromatic carbocycles. The number of aliphatic hydroxyl groups is 4. The van der Waals surface area contributed by atoms with E-state index in [1.54, 1.807) is 25.3 Å². The molecule has 4 rings (SSSR count). The molecule has 7 nitrogen and oxygen atoms in total.